The van der Waals surface area contributed by atoms with Crippen molar-refractivity contribution in [3.8, 4) is 0 Å². The van der Waals surface area contributed by atoms with E-state index in [9.17, 15) is 9.18 Å². The van der Waals surface area contributed by atoms with Gasteiger partial charge in [0.1, 0.15) is 5.82 Å². The summed E-state index contributed by atoms with van der Waals surface area (Å²) in [5.41, 5.74) is 7.82. The van der Waals surface area contributed by atoms with Gasteiger partial charge in [0, 0.05) is 0 Å². The second-order valence-corrected chi connectivity index (χ2v) is 4.41. The fraction of sp³-hybridized carbons (Fsp3) is 0.133. The van der Waals surface area contributed by atoms with Gasteiger partial charge in [-0.25, -0.2) is 9.18 Å². The predicted octanol–water partition coefficient (Wildman–Crippen LogP) is 2.89. The Balaban J connectivity index is 2.40. The molecule has 19 heavy (non-hydrogen) atoms. The van der Waals surface area contributed by atoms with Gasteiger partial charge >= 0.3 is 6.03 Å². The average Bonchev–Trinajstić information content (AvgIpc) is 2.37. The van der Waals surface area contributed by atoms with Crippen LogP contribution in [0.1, 0.15) is 22.7 Å². The number of hydrogen-bond donors (Lipinski definition) is 2. The molecule has 98 valence electrons. The Hall–Kier alpha value is -2.36. The SMILES string of the molecule is Cc1ccc([C@H](NC(N)=O)c2cccc(F)c2)cc1. The maximum atomic E-state index is 13.3. The molecule has 2 rings (SSSR count). The van der Waals surface area contributed by atoms with Crippen molar-refractivity contribution >= 4 is 6.03 Å². The van der Waals surface area contributed by atoms with Crippen molar-refractivity contribution in [2.45, 2.75) is 13.0 Å². The molecule has 3 nitrogen and oxygen atoms in total. The van der Waals surface area contributed by atoms with Gasteiger partial charge in [0.2, 0.25) is 0 Å². The van der Waals surface area contributed by atoms with Crippen LogP contribution in [0.4, 0.5) is 9.18 Å². The highest BCUT2D eigenvalue weighted by molar-refractivity contribution is 5.72. The zero-order valence-electron chi connectivity index (χ0n) is 10.6. The maximum Gasteiger partial charge on any atom is 0.312 e. The average molecular weight is 258 g/mol. The minimum Gasteiger partial charge on any atom is -0.352 e. The van der Waals surface area contributed by atoms with E-state index >= 15 is 0 Å². The molecule has 0 radical (unpaired) electrons. The molecule has 0 fully saturated rings. The van der Waals surface area contributed by atoms with Crippen molar-refractivity contribution in [1.82, 2.24) is 5.32 Å². The van der Waals surface area contributed by atoms with Gasteiger partial charge in [-0.2, -0.15) is 0 Å². The lowest BCUT2D eigenvalue weighted by Gasteiger charge is -2.18. The third-order valence-corrected chi connectivity index (χ3v) is 2.88. The molecule has 0 aliphatic heterocycles. The smallest absolute Gasteiger partial charge is 0.312 e. The zero-order chi connectivity index (χ0) is 13.8. The standard InChI is InChI=1S/C15H15FN2O/c1-10-5-7-11(8-6-10)14(18-15(17)19)12-3-2-4-13(16)9-12/h2-9,14H,1H3,(H3,17,18,19)/t14-/m0/s1. The monoisotopic (exact) mass is 258 g/mol. The molecule has 2 amide bonds. The highest BCUT2D eigenvalue weighted by Crippen LogP contribution is 2.23. The van der Waals surface area contributed by atoms with Gasteiger partial charge < -0.3 is 11.1 Å². The summed E-state index contributed by atoms with van der Waals surface area (Å²) in [6.07, 6.45) is 0. The van der Waals surface area contributed by atoms with Crippen LogP contribution < -0.4 is 11.1 Å². The second kappa shape index (κ2) is 5.52. The van der Waals surface area contributed by atoms with Crippen LogP contribution in [0, 0.1) is 12.7 Å². The minimum absolute atomic E-state index is 0.346. The molecule has 0 bridgehead atoms. The molecule has 4 heteroatoms. The zero-order valence-corrected chi connectivity index (χ0v) is 10.6. The fourth-order valence-corrected chi connectivity index (χ4v) is 1.95. The summed E-state index contributed by atoms with van der Waals surface area (Å²) >= 11 is 0. The first-order valence-electron chi connectivity index (χ1n) is 5.94. The Bertz CT molecular complexity index is 581. The summed E-state index contributed by atoms with van der Waals surface area (Å²) < 4.78 is 13.3. The summed E-state index contributed by atoms with van der Waals surface area (Å²) in [6, 6.07) is 12.7. The molecule has 0 aromatic heterocycles. The van der Waals surface area contributed by atoms with Crippen molar-refractivity contribution < 1.29 is 9.18 Å². The summed E-state index contributed by atoms with van der Waals surface area (Å²) in [7, 11) is 0. The van der Waals surface area contributed by atoms with Crippen LogP contribution in [0.15, 0.2) is 48.5 Å². The molecule has 0 aliphatic carbocycles. The third-order valence-electron chi connectivity index (χ3n) is 2.88. The predicted molar refractivity (Wildman–Crippen MR) is 72.1 cm³/mol. The van der Waals surface area contributed by atoms with E-state index in [0.717, 1.165) is 11.1 Å². The van der Waals surface area contributed by atoms with Gasteiger partial charge in [0.25, 0.3) is 0 Å². The van der Waals surface area contributed by atoms with Crippen LogP contribution in [-0.4, -0.2) is 6.03 Å². The molecular weight excluding hydrogens is 243 g/mol. The van der Waals surface area contributed by atoms with Crippen molar-refractivity contribution in [1.29, 1.82) is 0 Å². The van der Waals surface area contributed by atoms with Crippen molar-refractivity contribution in [2.75, 3.05) is 0 Å². The number of carbonyl (C=O) groups is 1. The summed E-state index contributed by atoms with van der Waals surface area (Å²) in [5, 5.41) is 2.63. The number of rotatable bonds is 3. The molecule has 2 aromatic carbocycles. The summed E-state index contributed by atoms with van der Waals surface area (Å²) in [4.78, 5) is 11.1. The molecule has 1 atom stereocenters. The number of amides is 2. The quantitative estimate of drug-likeness (QED) is 0.873. The molecule has 0 unspecified atom stereocenters. The van der Waals surface area contributed by atoms with Crippen LogP contribution in [0.25, 0.3) is 0 Å². The van der Waals surface area contributed by atoms with Gasteiger partial charge in [-0.3, -0.25) is 0 Å². The van der Waals surface area contributed by atoms with Crippen LogP contribution in [0.2, 0.25) is 0 Å². The first-order valence-corrected chi connectivity index (χ1v) is 5.94. The minimum atomic E-state index is -0.644. The van der Waals surface area contributed by atoms with Gasteiger partial charge in [0.05, 0.1) is 6.04 Å². The van der Waals surface area contributed by atoms with E-state index in [1.165, 1.54) is 12.1 Å². The molecular formula is C15H15FN2O. The van der Waals surface area contributed by atoms with Gasteiger partial charge in [0.15, 0.2) is 0 Å². The molecule has 0 saturated heterocycles. The van der Waals surface area contributed by atoms with E-state index in [0.29, 0.717) is 5.56 Å². The molecule has 0 aliphatic rings. The Morgan fingerprint density at radius 2 is 1.84 bits per heavy atom. The number of primary amides is 1. The fourth-order valence-electron chi connectivity index (χ4n) is 1.95. The number of nitrogens with two attached hydrogens (primary N) is 1. The number of nitrogens with one attached hydrogen (secondary N) is 1. The Morgan fingerprint density at radius 3 is 2.42 bits per heavy atom. The van der Waals surface area contributed by atoms with E-state index < -0.39 is 12.1 Å². The Kier molecular flexibility index (Phi) is 3.80. The van der Waals surface area contributed by atoms with E-state index in [2.05, 4.69) is 5.32 Å². The first kappa shape index (κ1) is 13.1. The van der Waals surface area contributed by atoms with Crippen LogP contribution in [0.5, 0.6) is 0 Å². The first-order chi connectivity index (χ1) is 9.06. The van der Waals surface area contributed by atoms with E-state index in [-0.39, 0.29) is 5.82 Å². The lowest BCUT2D eigenvalue weighted by atomic mass is 9.98. The molecule has 0 spiro atoms. The van der Waals surface area contributed by atoms with Crippen molar-refractivity contribution in [2.24, 2.45) is 5.73 Å². The number of hydrogen-bond acceptors (Lipinski definition) is 1. The van der Waals surface area contributed by atoms with Gasteiger partial charge in [-0.05, 0) is 30.2 Å². The number of aryl methyl sites for hydroxylation is 1. The number of halogens is 1. The molecule has 0 saturated carbocycles. The number of urea groups is 1. The third kappa shape index (κ3) is 3.31. The summed E-state index contributed by atoms with van der Waals surface area (Å²) in [6.45, 7) is 1.97. The molecule has 3 N–H and O–H groups in total. The van der Waals surface area contributed by atoms with E-state index in [1.807, 2.05) is 31.2 Å². The largest absolute Gasteiger partial charge is 0.352 e. The normalized spacial score (nSPS) is 11.9. The Morgan fingerprint density at radius 1 is 1.16 bits per heavy atom. The van der Waals surface area contributed by atoms with E-state index in [1.54, 1.807) is 12.1 Å². The highest BCUT2D eigenvalue weighted by Gasteiger charge is 2.15. The van der Waals surface area contributed by atoms with Crippen molar-refractivity contribution in [3.05, 3.63) is 71.0 Å². The topological polar surface area (TPSA) is 55.1 Å². The van der Waals surface area contributed by atoms with Crippen LogP contribution >= 0.6 is 0 Å². The Labute approximate surface area is 111 Å². The second-order valence-electron chi connectivity index (χ2n) is 4.41. The molecule has 2 aromatic rings. The van der Waals surface area contributed by atoms with Crippen LogP contribution in [0.3, 0.4) is 0 Å². The number of carbonyl (C=O) groups excluding carboxylic acids is 1. The van der Waals surface area contributed by atoms with Gasteiger partial charge in [-0.1, -0.05) is 42.0 Å². The van der Waals surface area contributed by atoms with Crippen molar-refractivity contribution in [3.63, 3.8) is 0 Å². The van der Waals surface area contributed by atoms with Crippen LogP contribution in [-0.2, 0) is 0 Å². The maximum absolute atomic E-state index is 13.3. The molecule has 0 heterocycles. The lowest BCUT2D eigenvalue weighted by Crippen LogP contribution is -2.33. The summed E-state index contributed by atoms with van der Waals surface area (Å²) in [5.74, 6) is -0.346. The van der Waals surface area contributed by atoms with Gasteiger partial charge in [-0.15, -0.1) is 0 Å². The lowest BCUT2D eigenvalue weighted by molar-refractivity contribution is 0.247. The number of benzene rings is 2. The van der Waals surface area contributed by atoms with E-state index in [4.69, 9.17) is 5.73 Å². The highest BCUT2D eigenvalue weighted by atomic mass is 19.1.